The van der Waals surface area contributed by atoms with E-state index in [1.54, 1.807) is 0 Å². The Balaban J connectivity index is 3.55. The molecule has 0 rings (SSSR count). The summed E-state index contributed by atoms with van der Waals surface area (Å²) in [6, 6.07) is 0. The van der Waals surface area contributed by atoms with Gasteiger partial charge in [0.15, 0.2) is 0 Å². The van der Waals surface area contributed by atoms with Crippen LogP contribution in [0.25, 0.3) is 0 Å². The summed E-state index contributed by atoms with van der Waals surface area (Å²) in [6.07, 6.45) is 1.25. The molecule has 0 bridgehead atoms. The van der Waals surface area contributed by atoms with Gasteiger partial charge in [-0.25, -0.2) is 5.84 Å². The predicted molar refractivity (Wildman–Crippen MR) is 28.1 cm³/mol. The fourth-order valence-corrected chi connectivity index (χ4v) is 0.0983. The smallest absolute Gasteiger partial charge is 0.207 e. The van der Waals surface area contributed by atoms with E-state index in [9.17, 15) is 0 Å². The highest BCUT2D eigenvalue weighted by Gasteiger charge is 1.87. The second-order valence-electron chi connectivity index (χ2n) is 0.975. The molecule has 0 atom stereocenters. The number of nitrogens with one attached hydrogen (secondary N) is 1. The highest BCUT2D eigenvalue weighted by molar-refractivity contribution is 5.74. The van der Waals surface area contributed by atoms with Crippen molar-refractivity contribution in [2.75, 3.05) is 0 Å². The third-order valence-corrected chi connectivity index (χ3v) is 0.475. The zero-order chi connectivity index (χ0) is 5.86. The molecule has 0 unspecified atom stereocenters. The molecular formula is C3H8N4. The lowest BCUT2D eigenvalue weighted by atomic mass is 10.9. The first-order valence-corrected chi connectivity index (χ1v) is 1.69. The number of hydrazine groups is 1. The molecule has 40 valence electrons. The molecule has 4 heteroatoms. The van der Waals surface area contributed by atoms with Gasteiger partial charge in [-0.15, -0.1) is 0 Å². The van der Waals surface area contributed by atoms with Crippen LogP contribution in [0.3, 0.4) is 0 Å². The van der Waals surface area contributed by atoms with Gasteiger partial charge in [0.05, 0.1) is 0 Å². The number of hydrogen-bond donors (Lipinski definition) is 3. The van der Waals surface area contributed by atoms with E-state index in [1.165, 1.54) is 6.20 Å². The highest BCUT2D eigenvalue weighted by Crippen LogP contribution is 1.68. The number of guanidine groups is 1. The Hall–Kier alpha value is -1.03. The molecule has 0 saturated carbocycles. The van der Waals surface area contributed by atoms with Gasteiger partial charge in [-0.3, -0.25) is 10.4 Å². The fraction of sp³-hybridized carbons (Fsp3) is 0. The third-order valence-electron chi connectivity index (χ3n) is 0.475. The van der Waals surface area contributed by atoms with Gasteiger partial charge in [-0.2, -0.15) is 0 Å². The van der Waals surface area contributed by atoms with Crippen molar-refractivity contribution in [1.82, 2.24) is 5.01 Å². The molecule has 0 heterocycles. The van der Waals surface area contributed by atoms with Crippen molar-refractivity contribution < 1.29 is 0 Å². The van der Waals surface area contributed by atoms with Crippen LogP contribution in [0.15, 0.2) is 12.8 Å². The second kappa shape index (κ2) is 2.20. The maximum Gasteiger partial charge on any atom is 0.207 e. The third kappa shape index (κ3) is 1.77. The molecule has 0 spiro atoms. The fourth-order valence-electron chi connectivity index (χ4n) is 0.0983. The molecule has 0 aromatic carbocycles. The Morgan fingerprint density at radius 3 is 2.29 bits per heavy atom. The molecule has 0 aliphatic rings. The Kier molecular flexibility index (Phi) is 1.87. The van der Waals surface area contributed by atoms with Crippen molar-refractivity contribution >= 4 is 5.96 Å². The van der Waals surface area contributed by atoms with E-state index < -0.39 is 0 Å². The SMILES string of the molecule is C=CN(N)C(=N)N. The Bertz CT molecular complexity index is 86.9. The molecule has 0 saturated heterocycles. The zero-order valence-corrected chi connectivity index (χ0v) is 3.89. The summed E-state index contributed by atoms with van der Waals surface area (Å²) in [4.78, 5) is 0. The molecule has 5 N–H and O–H groups in total. The summed E-state index contributed by atoms with van der Waals surface area (Å²) in [7, 11) is 0. The maximum atomic E-state index is 6.61. The van der Waals surface area contributed by atoms with Crippen LogP contribution in [0.5, 0.6) is 0 Å². The Labute approximate surface area is 41.9 Å². The average molecular weight is 100 g/mol. The van der Waals surface area contributed by atoms with Crippen LogP contribution >= 0.6 is 0 Å². The van der Waals surface area contributed by atoms with E-state index >= 15 is 0 Å². The van der Waals surface area contributed by atoms with Gasteiger partial charge < -0.3 is 5.73 Å². The van der Waals surface area contributed by atoms with Crippen molar-refractivity contribution in [1.29, 1.82) is 5.41 Å². The average Bonchev–Trinajstić information content (AvgIpc) is 1.65. The van der Waals surface area contributed by atoms with Gasteiger partial charge >= 0.3 is 0 Å². The molecule has 0 aromatic heterocycles. The van der Waals surface area contributed by atoms with Crippen molar-refractivity contribution in [2.45, 2.75) is 0 Å². The normalized spacial score (nSPS) is 7.57. The first kappa shape index (κ1) is 5.97. The zero-order valence-electron chi connectivity index (χ0n) is 3.89. The lowest BCUT2D eigenvalue weighted by Gasteiger charge is -2.06. The molecule has 0 aromatic rings. The summed E-state index contributed by atoms with van der Waals surface area (Å²) in [6.45, 7) is 3.26. The van der Waals surface area contributed by atoms with Crippen LogP contribution in [0.4, 0.5) is 0 Å². The van der Waals surface area contributed by atoms with Gasteiger partial charge in [0, 0.05) is 6.20 Å². The minimum Gasteiger partial charge on any atom is -0.369 e. The van der Waals surface area contributed by atoms with E-state index in [4.69, 9.17) is 17.0 Å². The second-order valence-corrected chi connectivity index (χ2v) is 0.975. The van der Waals surface area contributed by atoms with Gasteiger partial charge in [0.1, 0.15) is 0 Å². The summed E-state index contributed by atoms with van der Waals surface area (Å²) < 4.78 is 0. The monoisotopic (exact) mass is 100 g/mol. The minimum absolute atomic E-state index is 0.213. The summed E-state index contributed by atoms with van der Waals surface area (Å²) in [5.74, 6) is 4.77. The van der Waals surface area contributed by atoms with Crippen molar-refractivity contribution in [2.24, 2.45) is 11.6 Å². The number of hydrogen-bond acceptors (Lipinski definition) is 2. The Morgan fingerprint density at radius 2 is 2.29 bits per heavy atom. The number of nitrogens with zero attached hydrogens (tertiary/aromatic N) is 1. The number of nitrogens with two attached hydrogens (primary N) is 2. The molecule has 0 amide bonds. The molecule has 4 nitrogen and oxygen atoms in total. The van der Waals surface area contributed by atoms with E-state index in [-0.39, 0.29) is 5.96 Å². The topological polar surface area (TPSA) is 79.1 Å². The molecule has 0 fully saturated rings. The lowest BCUT2D eigenvalue weighted by Crippen LogP contribution is -2.37. The van der Waals surface area contributed by atoms with E-state index in [2.05, 4.69) is 6.58 Å². The van der Waals surface area contributed by atoms with E-state index in [1.807, 2.05) is 0 Å². The first-order valence-electron chi connectivity index (χ1n) is 1.69. The molecule has 0 aliphatic heterocycles. The molecule has 0 aliphatic carbocycles. The first-order chi connectivity index (χ1) is 3.18. The molecule has 0 radical (unpaired) electrons. The quantitative estimate of drug-likeness (QED) is 0.175. The molecule has 7 heavy (non-hydrogen) atoms. The van der Waals surface area contributed by atoms with Crippen LogP contribution in [-0.4, -0.2) is 11.0 Å². The van der Waals surface area contributed by atoms with Crippen molar-refractivity contribution in [3.63, 3.8) is 0 Å². The van der Waals surface area contributed by atoms with Crippen LogP contribution in [0.1, 0.15) is 0 Å². The van der Waals surface area contributed by atoms with Crippen molar-refractivity contribution in [3.8, 4) is 0 Å². The van der Waals surface area contributed by atoms with Crippen molar-refractivity contribution in [3.05, 3.63) is 12.8 Å². The standard InChI is InChI=1S/C3H8N4/c1-2-7(6)3(4)5/h2H,1,6H2,(H3,4,5). The van der Waals surface area contributed by atoms with Crippen LogP contribution in [0, 0.1) is 5.41 Å². The van der Waals surface area contributed by atoms with Gasteiger partial charge in [0.2, 0.25) is 5.96 Å². The van der Waals surface area contributed by atoms with Gasteiger partial charge in [-0.05, 0) is 0 Å². The summed E-state index contributed by atoms with van der Waals surface area (Å²) in [5.41, 5.74) is 4.86. The van der Waals surface area contributed by atoms with E-state index in [0.717, 1.165) is 5.01 Å². The van der Waals surface area contributed by atoms with Gasteiger partial charge in [-0.1, -0.05) is 6.58 Å². The van der Waals surface area contributed by atoms with Crippen LogP contribution in [-0.2, 0) is 0 Å². The number of rotatable bonds is 1. The lowest BCUT2D eigenvalue weighted by molar-refractivity contribution is 0.586. The Morgan fingerprint density at radius 1 is 1.86 bits per heavy atom. The van der Waals surface area contributed by atoms with Crippen LogP contribution in [0.2, 0.25) is 0 Å². The minimum atomic E-state index is -0.213. The van der Waals surface area contributed by atoms with Crippen LogP contribution < -0.4 is 11.6 Å². The predicted octanol–water partition coefficient (Wildman–Crippen LogP) is -0.801. The summed E-state index contributed by atoms with van der Waals surface area (Å²) >= 11 is 0. The largest absolute Gasteiger partial charge is 0.369 e. The van der Waals surface area contributed by atoms with Gasteiger partial charge in [0.25, 0.3) is 0 Å². The maximum absolute atomic E-state index is 6.61. The van der Waals surface area contributed by atoms with E-state index in [0.29, 0.717) is 0 Å². The molecular weight excluding hydrogens is 92.1 g/mol. The summed E-state index contributed by atoms with van der Waals surface area (Å²) in [5, 5.41) is 7.52. The highest BCUT2D eigenvalue weighted by atomic mass is 15.4.